The molecule has 0 fully saturated rings. The smallest absolute Gasteiger partial charge is 0.344 e. The van der Waals surface area contributed by atoms with Gasteiger partial charge in [-0.25, -0.2) is 4.79 Å². The molecule has 0 saturated heterocycles. The Morgan fingerprint density at radius 1 is 0.967 bits per heavy atom. The predicted molar refractivity (Wildman–Crippen MR) is 121 cm³/mol. The highest BCUT2D eigenvalue weighted by atomic mass is 35.5. The van der Waals surface area contributed by atoms with Crippen molar-refractivity contribution in [3.05, 3.63) is 116 Å². The molecule has 4 aromatic rings. The molecule has 1 unspecified atom stereocenters. The fourth-order valence-electron chi connectivity index (χ4n) is 4.14. The Bertz CT molecular complexity index is 1480. The fraction of sp³-hybridized carbons (Fsp3) is 0.0385. The number of halogens is 1. The van der Waals surface area contributed by atoms with Crippen LogP contribution in [0.4, 0.5) is 0 Å². The summed E-state index contributed by atoms with van der Waals surface area (Å²) in [5, 5.41) is 3.33. The van der Waals surface area contributed by atoms with Crippen molar-refractivity contribution in [2.24, 2.45) is 0 Å². The van der Waals surface area contributed by atoms with E-state index in [1.54, 1.807) is 12.2 Å². The van der Waals surface area contributed by atoms with E-state index >= 15 is 0 Å². The first-order valence-electron chi connectivity index (χ1n) is 9.52. The minimum absolute atomic E-state index is 0.248. The second-order valence-electron chi connectivity index (χ2n) is 7.16. The first kappa shape index (κ1) is 18.5. The van der Waals surface area contributed by atoms with Gasteiger partial charge in [-0.15, -0.1) is 0 Å². The van der Waals surface area contributed by atoms with Crippen LogP contribution in [0.2, 0.25) is 5.02 Å². The number of fused-ring (bicyclic) bond motifs is 4. The Labute approximate surface area is 177 Å². The highest BCUT2D eigenvalue weighted by molar-refractivity contribution is 6.30. The standard InChI is InChI=1S/C26H17ClO3/c1-3-6-19-15(2)29-26(28)24-22(17-9-12-18(27)13-10-17)23-20-8-5-4-7-16(20)11-14-21(23)30-25(19)24/h3-14,22H,1-2H2/b19-6+. The molecule has 1 aliphatic heterocycles. The van der Waals surface area contributed by atoms with Gasteiger partial charge in [-0.3, -0.25) is 0 Å². The van der Waals surface area contributed by atoms with Crippen molar-refractivity contribution in [1.29, 1.82) is 0 Å². The van der Waals surface area contributed by atoms with Crippen molar-refractivity contribution >= 4 is 35.0 Å². The van der Waals surface area contributed by atoms with E-state index in [0.717, 1.165) is 21.9 Å². The first-order chi connectivity index (χ1) is 14.6. The summed E-state index contributed by atoms with van der Waals surface area (Å²) in [5.74, 6) is 0.782. The Hall–Kier alpha value is -3.56. The van der Waals surface area contributed by atoms with E-state index in [4.69, 9.17) is 20.8 Å². The lowest BCUT2D eigenvalue weighted by atomic mass is 9.81. The fourth-order valence-corrected chi connectivity index (χ4v) is 4.26. The summed E-state index contributed by atoms with van der Waals surface area (Å²) in [7, 11) is 0. The molecule has 0 N–H and O–H groups in total. The summed E-state index contributed by atoms with van der Waals surface area (Å²) in [4.78, 5) is 13.1. The van der Waals surface area contributed by atoms with E-state index in [-0.39, 0.29) is 11.3 Å². The largest absolute Gasteiger partial charge is 0.456 e. The molecule has 0 spiro atoms. The van der Waals surface area contributed by atoms with Gasteiger partial charge in [0.2, 0.25) is 0 Å². The molecule has 146 valence electrons. The van der Waals surface area contributed by atoms with E-state index in [2.05, 4.69) is 13.2 Å². The summed E-state index contributed by atoms with van der Waals surface area (Å²) in [6, 6.07) is 19.5. The quantitative estimate of drug-likeness (QED) is 0.404. The average Bonchev–Trinajstić information content (AvgIpc) is 2.75. The maximum atomic E-state index is 13.1. The number of allylic oxidation sites excluding steroid dienone is 1. The number of hydrogen-bond donors (Lipinski definition) is 0. The van der Waals surface area contributed by atoms with Gasteiger partial charge in [0.15, 0.2) is 0 Å². The summed E-state index contributed by atoms with van der Waals surface area (Å²) >= 11 is 6.14. The lowest BCUT2D eigenvalue weighted by Crippen LogP contribution is -2.35. The Kier molecular flexibility index (Phi) is 4.34. The molecule has 3 nitrogen and oxygen atoms in total. The molecule has 0 saturated carbocycles. The third-order valence-corrected chi connectivity index (χ3v) is 5.69. The Balaban J connectivity index is 1.95. The zero-order valence-electron chi connectivity index (χ0n) is 16.0. The summed E-state index contributed by atoms with van der Waals surface area (Å²) in [5.41, 5.74) is 2.08. The third-order valence-electron chi connectivity index (χ3n) is 5.43. The van der Waals surface area contributed by atoms with Gasteiger partial charge in [0.1, 0.15) is 16.9 Å². The van der Waals surface area contributed by atoms with Crippen LogP contribution in [0.25, 0.3) is 23.4 Å². The molecular weight excluding hydrogens is 396 g/mol. The van der Waals surface area contributed by atoms with Gasteiger partial charge in [0.05, 0.1) is 10.8 Å². The van der Waals surface area contributed by atoms with E-state index < -0.39 is 5.63 Å². The number of hydrogen-bond acceptors (Lipinski definition) is 3. The number of ether oxygens (including phenoxy) is 1. The van der Waals surface area contributed by atoms with Crippen LogP contribution in [-0.2, 0) is 0 Å². The second-order valence-corrected chi connectivity index (χ2v) is 7.59. The molecule has 5 rings (SSSR count). The van der Waals surface area contributed by atoms with Crippen LogP contribution in [0.1, 0.15) is 22.6 Å². The van der Waals surface area contributed by atoms with Crippen LogP contribution >= 0.6 is 11.6 Å². The van der Waals surface area contributed by atoms with Crippen molar-refractivity contribution in [2.75, 3.05) is 0 Å². The van der Waals surface area contributed by atoms with Crippen LogP contribution in [0.15, 0.2) is 82.5 Å². The summed E-state index contributed by atoms with van der Waals surface area (Å²) in [6.45, 7) is 7.65. The van der Waals surface area contributed by atoms with Crippen molar-refractivity contribution in [2.45, 2.75) is 5.92 Å². The molecule has 30 heavy (non-hydrogen) atoms. The second kappa shape index (κ2) is 7.05. The molecule has 0 radical (unpaired) electrons. The van der Waals surface area contributed by atoms with Gasteiger partial charge in [0, 0.05) is 16.5 Å². The highest BCUT2D eigenvalue weighted by Gasteiger charge is 2.34. The summed E-state index contributed by atoms with van der Waals surface area (Å²) < 4.78 is 11.8. The van der Waals surface area contributed by atoms with Gasteiger partial charge < -0.3 is 9.15 Å². The zero-order chi connectivity index (χ0) is 20.8. The molecule has 4 heteroatoms. The van der Waals surface area contributed by atoms with E-state index in [1.165, 1.54) is 0 Å². The van der Waals surface area contributed by atoms with Crippen LogP contribution in [0, 0.1) is 0 Å². The van der Waals surface area contributed by atoms with E-state index in [9.17, 15) is 4.79 Å². The predicted octanol–water partition coefficient (Wildman–Crippen LogP) is 5.11. The minimum atomic E-state index is -0.463. The van der Waals surface area contributed by atoms with Crippen LogP contribution in [-0.4, -0.2) is 0 Å². The van der Waals surface area contributed by atoms with Gasteiger partial charge >= 0.3 is 5.63 Å². The average molecular weight is 413 g/mol. The molecule has 3 aromatic carbocycles. The molecule has 0 aliphatic carbocycles. The van der Waals surface area contributed by atoms with Crippen molar-refractivity contribution < 1.29 is 9.15 Å². The molecule has 0 amide bonds. The maximum absolute atomic E-state index is 13.1. The van der Waals surface area contributed by atoms with E-state index in [0.29, 0.717) is 27.3 Å². The van der Waals surface area contributed by atoms with E-state index in [1.807, 2.05) is 60.7 Å². The topological polar surface area (TPSA) is 39.4 Å². The monoisotopic (exact) mass is 412 g/mol. The van der Waals surface area contributed by atoms with Crippen molar-refractivity contribution in [3.8, 4) is 11.5 Å². The minimum Gasteiger partial charge on any atom is -0.456 e. The molecule has 2 heterocycles. The first-order valence-corrected chi connectivity index (χ1v) is 9.90. The van der Waals surface area contributed by atoms with Crippen LogP contribution in [0.5, 0.6) is 11.5 Å². The lowest BCUT2D eigenvalue weighted by Gasteiger charge is -2.29. The van der Waals surface area contributed by atoms with Crippen molar-refractivity contribution in [3.63, 3.8) is 0 Å². The van der Waals surface area contributed by atoms with Gasteiger partial charge in [-0.2, -0.15) is 0 Å². The SMILES string of the molecule is C=C/C=c1/c2c(c(=O)oc1=C)C(c1ccc(Cl)cc1)c1c(ccc3ccccc13)O2. The Morgan fingerprint density at radius 2 is 1.73 bits per heavy atom. The molecule has 0 bridgehead atoms. The highest BCUT2D eigenvalue weighted by Crippen LogP contribution is 2.47. The molecule has 1 aromatic heterocycles. The Morgan fingerprint density at radius 3 is 2.50 bits per heavy atom. The van der Waals surface area contributed by atoms with Crippen molar-refractivity contribution in [1.82, 2.24) is 0 Å². The zero-order valence-corrected chi connectivity index (χ0v) is 16.8. The molecule has 1 atom stereocenters. The summed E-state index contributed by atoms with van der Waals surface area (Å²) in [6.07, 6.45) is 3.37. The van der Waals surface area contributed by atoms with Crippen LogP contribution < -0.4 is 21.0 Å². The van der Waals surface area contributed by atoms with Gasteiger partial charge in [-0.05, 0) is 40.6 Å². The maximum Gasteiger partial charge on any atom is 0.344 e. The molecule has 1 aliphatic rings. The normalized spacial score (nSPS) is 15.4. The third kappa shape index (κ3) is 2.78. The van der Waals surface area contributed by atoms with Gasteiger partial charge in [-0.1, -0.05) is 73.3 Å². The van der Waals surface area contributed by atoms with Crippen LogP contribution in [0.3, 0.4) is 0 Å². The number of rotatable bonds is 2. The molecular formula is C26H17ClO3. The number of benzene rings is 3. The van der Waals surface area contributed by atoms with Gasteiger partial charge in [0.25, 0.3) is 0 Å². The lowest BCUT2D eigenvalue weighted by molar-refractivity contribution is 0.404.